The number of ether oxygens (including phenoxy) is 1. The number of nitrogens with one attached hydrogen (secondary N) is 2. The van der Waals surface area contributed by atoms with Crippen molar-refractivity contribution in [3.8, 4) is 0 Å². The van der Waals surface area contributed by atoms with Gasteiger partial charge in [-0.25, -0.2) is 0 Å². The van der Waals surface area contributed by atoms with Crippen molar-refractivity contribution >= 4 is 34.6 Å². The van der Waals surface area contributed by atoms with E-state index >= 15 is 0 Å². The molecular formula is C17H20ClN3O2. The SMILES string of the molecule is COCCNC(=O)c1cc(N)ccc1Nc1cc(Cl)ccc1C. The first-order valence-electron chi connectivity index (χ1n) is 7.21. The van der Waals surface area contributed by atoms with Gasteiger partial charge in [0, 0.05) is 30.1 Å². The topological polar surface area (TPSA) is 76.4 Å². The minimum atomic E-state index is -0.212. The predicted molar refractivity (Wildman–Crippen MR) is 94.5 cm³/mol. The van der Waals surface area contributed by atoms with Crippen LogP contribution in [0.15, 0.2) is 36.4 Å². The molecule has 0 saturated carbocycles. The number of aryl methyl sites for hydroxylation is 1. The number of nitrogens with two attached hydrogens (primary N) is 1. The van der Waals surface area contributed by atoms with E-state index in [1.54, 1.807) is 25.3 Å². The van der Waals surface area contributed by atoms with E-state index in [4.69, 9.17) is 22.1 Å². The van der Waals surface area contributed by atoms with E-state index in [-0.39, 0.29) is 5.91 Å². The second-order valence-corrected chi connectivity index (χ2v) is 5.57. The molecule has 0 aliphatic rings. The van der Waals surface area contributed by atoms with Crippen LogP contribution in [0.2, 0.25) is 5.02 Å². The Hall–Kier alpha value is -2.24. The highest BCUT2D eigenvalue weighted by molar-refractivity contribution is 6.30. The Balaban J connectivity index is 2.28. The first kappa shape index (κ1) is 17.1. The van der Waals surface area contributed by atoms with Crippen molar-refractivity contribution in [3.63, 3.8) is 0 Å². The Bertz CT molecular complexity index is 704. The number of methoxy groups -OCH3 is 1. The molecular weight excluding hydrogens is 314 g/mol. The number of anilines is 3. The number of nitrogen functional groups attached to an aromatic ring is 1. The first-order chi connectivity index (χ1) is 11.0. The van der Waals surface area contributed by atoms with E-state index in [1.807, 2.05) is 25.1 Å². The fraction of sp³-hybridized carbons (Fsp3) is 0.235. The number of hydrogen-bond donors (Lipinski definition) is 3. The molecule has 0 radical (unpaired) electrons. The van der Waals surface area contributed by atoms with Gasteiger partial charge in [0.05, 0.1) is 17.9 Å². The molecule has 2 aromatic rings. The second kappa shape index (κ2) is 7.85. The molecule has 23 heavy (non-hydrogen) atoms. The van der Waals surface area contributed by atoms with Gasteiger partial charge in [0.15, 0.2) is 0 Å². The third-order valence-corrected chi connectivity index (χ3v) is 3.58. The van der Waals surface area contributed by atoms with E-state index in [0.717, 1.165) is 11.3 Å². The summed E-state index contributed by atoms with van der Waals surface area (Å²) in [5, 5.41) is 6.67. The van der Waals surface area contributed by atoms with Crippen molar-refractivity contribution in [3.05, 3.63) is 52.5 Å². The molecule has 0 heterocycles. The van der Waals surface area contributed by atoms with Gasteiger partial charge < -0.3 is 21.1 Å². The third kappa shape index (κ3) is 4.61. The summed E-state index contributed by atoms with van der Waals surface area (Å²) in [7, 11) is 1.58. The zero-order valence-corrected chi connectivity index (χ0v) is 13.9. The van der Waals surface area contributed by atoms with Crippen LogP contribution in [-0.4, -0.2) is 26.2 Å². The molecule has 2 rings (SSSR count). The van der Waals surface area contributed by atoms with E-state index in [9.17, 15) is 4.79 Å². The number of amides is 1. The van der Waals surface area contributed by atoms with Crippen molar-refractivity contribution in [2.75, 3.05) is 31.3 Å². The van der Waals surface area contributed by atoms with E-state index in [0.29, 0.717) is 35.1 Å². The van der Waals surface area contributed by atoms with Gasteiger partial charge in [-0.1, -0.05) is 17.7 Å². The van der Waals surface area contributed by atoms with Gasteiger partial charge in [-0.15, -0.1) is 0 Å². The average Bonchev–Trinajstić information content (AvgIpc) is 2.52. The molecule has 0 aliphatic carbocycles. The lowest BCUT2D eigenvalue weighted by atomic mass is 10.1. The highest BCUT2D eigenvalue weighted by Crippen LogP contribution is 2.27. The predicted octanol–water partition coefficient (Wildman–Crippen LogP) is 3.35. The molecule has 0 bridgehead atoms. The van der Waals surface area contributed by atoms with Crippen LogP contribution in [-0.2, 0) is 4.74 Å². The summed E-state index contributed by atoms with van der Waals surface area (Å²) in [6.45, 7) is 2.85. The Morgan fingerprint density at radius 2 is 2.00 bits per heavy atom. The number of benzene rings is 2. The quantitative estimate of drug-likeness (QED) is 0.559. The molecule has 5 nitrogen and oxygen atoms in total. The summed E-state index contributed by atoms with van der Waals surface area (Å²) >= 11 is 6.04. The summed E-state index contributed by atoms with van der Waals surface area (Å²) in [6, 6.07) is 10.7. The molecule has 2 aromatic carbocycles. The maximum Gasteiger partial charge on any atom is 0.253 e. The van der Waals surface area contributed by atoms with Crippen molar-refractivity contribution in [1.29, 1.82) is 0 Å². The molecule has 0 atom stereocenters. The fourth-order valence-corrected chi connectivity index (χ4v) is 2.27. The summed E-state index contributed by atoms with van der Waals surface area (Å²) in [4.78, 5) is 12.3. The molecule has 0 saturated heterocycles. The number of hydrogen-bond acceptors (Lipinski definition) is 4. The third-order valence-electron chi connectivity index (χ3n) is 3.35. The van der Waals surface area contributed by atoms with Crippen LogP contribution in [0.25, 0.3) is 0 Å². The van der Waals surface area contributed by atoms with Gasteiger partial charge >= 0.3 is 0 Å². The summed E-state index contributed by atoms with van der Waals surface area (Å²) in [5.74, 6) is -0.212. The van der Waals surface area contributed by atoms with Gasteiger partial charge in [-0.05, 0) is 42.8 Å². The van der Waals surface area contributed by atoms with Crippen LogP contribution in [0.4, 0.5) is 17.1 Å². The summed E-state index contributed by atoms with van der Waals surface area (Å²) in [5.41, 5.74) is 9.34. The maximum absolute atomic E-state index is 12.3. The highest BCUT2D eigenvalue weighted by atomic mass is 35.5. The Morgan fingerprint density at radius 3 is 2.74 bits per heavy atom. The average molecular weight is 334 g/mol. The summed E-state index contributed by atoms with van der Waals surface area (Å²) < 4.78 is 4.94. The molecule has 0 aliphatic heterocycles. The normalized spacial score (nSPS) is 10.4. The largest absolute Gasteiger partial charge is 0.399 e. The van der Waals surface area contributed by atoms with Crippen LogP contribution in [0, 0.1) is 6.92 Å². The molecule has 1 amide bonds. The monoisotopic (exact) mass is 333 g/mol. The van der Waals surface area contributed by atoms with E-state index in [1.165, 1.54) is 0 Å². The van der Waals surface area contributed by atoms with Crippen LogP contribution in [0.5, 0.6) is 0 Å². The highest BCUT2D eigenvalue weighted by Gasteiger charge is 2.13. The van der Waals surface area contributed by atoms with Crippen LogP contribution in [0.1, 0.15) is 15.9 Å². The lowest BCUT2D eigenvalue weighted by Gasteiger charge is -2.15. The van der Waals surface area contributed by atoms with Gasteiger partial charge in [-0.3, -0.25) is 4.79 Å². The minimum Gasteiger partial charge on any atom is -0.399 e. The molecule has 0 aromatic heterocycles. The van der Waals surface area contributed by atoms with Crippen LogP contribution < -0.4 is 16.4 Å². The number of carbonyl (C=O) groups is 1. The van der Waals surface area contributed by atoms with Gasteiger partial charge in [0.2, 0.25) is 0 Å². The minimum absolute atomic E-state index is 0.212. The van der Waals surface area contributed by atoms with Crippen molar-refractivity contribution < 1.29 is 9.53 Å². The second-order valence-electron chi connectivity index (χ2n) is 5.14. The molecule has 4 N–H and O–H groups in total. The van der Waals surface area contributed by atoms with Gasteiger partial charge in [0.25, 0.3) is 5.91 Å². The van der Waals surface area contributed by atoms with Crippen molar-refractivity contribution in [1.82, 2.24) is 5.32 Å². The van der Waals surface area contributed by atoms with Crippen LogP contribution >= 0.6 is 11.6 Å². The Morgan fingerprint density at radius 1 is 1.22 bits per heavy atom. The van der Waals surface area contributed by atoms with E-state index in [2.05, 4.69) is 10.6 Å². The molecule has 122 valence electrons. The summed E-state index contributed by atoms with van der Waals surface area (Å²) in [6.07, 6.45) is 0. The number of halogens is 1. The zero-order chi connectivity index (χ0) is 16.8. The lowest BCUT2D eigenvalue weighted by Crippen LogP contribution is -2.27. The zero-order valence-electron chi connectivity index (χ0n) is 13.2. The molecule has 6 heteroatoms. The molecule has 0 fully saturated rings. The van der Waals surface area contributed by atoms with Gasteiger partial charge in [-0.2, -0.15) is 0 Å². The van der Waals surface area contributed by atoms with Crippen LogP contribution in [0.3, 0.4) is 0 Å². The molecule has 0 unspecified atom stereocenters. The molecule has 0 spiro atoms. The standard InChI is InChI=1S/C17H20ClN3O2/c1-11-3-4-12(18)9-16(11)21-15-6-5-13(19)10-14(15)17(22)20-7-8-23-2/h3-6,9-10,21H,7-8,19H2,1-2H3,(H,20,22). The number of rotatable bonds is 6. The lowest BCUT2D eigenvalue weighted by molar-refractivity contribution is 0.0938. The first-order valence-corrected chi connectivity index (χ1v) is 7.59. The Labute approximate surface area is 140 Å². The van der Waals surface area contributed by atoms with Crippen molar-refractivity contribution in [2.24, 2.45) is 0 Å². The number of carbonyl (C=O) groups excluding carboxylic acids is 1. The Kier molecular flexibility index (Phi) is 5.84. The van der Waals surface area contributed by atoms with Gasteiger partial charge in [0.1, 0.15) is 0 Å². The fourth-order valence-electron chi connectivity index (χ4n) is 2.09. The smallest absolute Gasteiger partial charge is 0.253 e. The van der Waals surface area contributed by atoms with E-state index < -0.39 is 0 Å². The van der Waals surface area contributed by atoms with Crippen molar-refractivity contribution in [2.45, 2.75) is 6.92 Å². The maximum atomic E-state index is 12.3.